The molecular formula is C32H63N3O4S. The number of piperidine rings is 1. The number of rotatable bonds is 6. The minimum absolute atomic E-state index is 0. The molecule has 4 aliphatic heterocycles. The molecule has 2 N–H and O–H groups in total. The van der Waals surface area contributed by atoms with Crippen LogP contribution in [0.15, 0.2) is 23.5 Å². The van der Waals surface area contributed by atoms with Crippen molar-refractivity contribution in [1.82, 2.24) is 15.5 Å². The van der Waals surface area contributed by atoms with Crippen molar-refractivity contribution in [2.24, 2.45) is 5.92 Å². The van der Waals surface area contributed by atoms with Crippen molar-refractivity contribution >= 4 is 19.4 Å². The van der Waals surface area contributed by atoms with Crippen molar-refractivity contribution in [1.29, 1.82) is 0 Å². The summed E-state index contributed by atoms with van der Waals surface area (Å²) in [6.07, 6.45) is 10.8. The highest BCUT2D eigenvalue weighted by molar-refractivity contribution is 7.59. The number of carbonyl (C=O) groups excluding carboxylic acids is 1. The molecule has 3 unspecified atom stereocenters. The fourth-order valence-electron chi connectivity index (χ4n) is 6.24. The first-order valence-corrected chi connectivity index (χ1v) is 16.0. The van der Waals surface area contributed by atoms with Gasteiger partial charge in [0.05, 0.1) is 7.11 Å². The van der Waals surface area contributed by atoms with Crippen LogP contribution in [0.25, 0.3) is 0 Å². The minimum Gasteiger partial charge on any atom is -0.498 e. The van der Waals surface area contributed by atoms with Gasteiger partial charge in [-0.25, -0.2) is 0 Å². The largest absolute Gasteiger partial charge is 0.498 e. The van der Waals surface area contributed by atoms with Crippen LogP contribution < -0.4 is 10.6 Å². The predicted molar refractivity (Wildman–Crippen MR) is 173 cm³/mol. The van der Waals surface area contributed by atoms with Crippen LogP contribution in [0.4, 0.5) is 0 Å². The Morgan fingerprint density at radius 1 is 1.02 bits per heavy atom. The summed E-state index contributed by atoms with van der Waals surface area (Å²) in [7, 11) is 1.61. The van der Waals surface area contributed by atoms with Crippen LogP contribution in [0, 0.1) is 5.92 Å². The molecule has 0 aromatic rings. The molecule has 4 saturated heterocycles. The van der Waals surface area contributed by atoms with E-state index in [1.54, 1.807) is 13.2 Å². The number of hydrogen-bond acceptors (Lipinski definition) is 6. The normalized spacial score (nSPS) is 30.9. The second kappa shape index (κ2) is 20.0. The Morgan fingerprint density at radius 2 is 1.62 bits per heavy atom. The lowest BCUT2D eigenvalue weighted by Gasteiger charge is -2.34. The number of nitrogens with one attached hydrogen (secondary N) is 2. The standard InChI is InChI=1S/C24H37N3O4.4C2H6.H2S/c1-24(2)30-21-12-16(11-20(29-3)22(21)31-24)23(28)25-13-19-5-4-8-27(19)14-15-9-17-6-7-18(10-15)26-17;4*1-2;/h11-12,15,17-19,21-22,26H,4-10,13-14H2,1-3H3,(H,25,28);4*1-2H3;1H2/t15?,17-,18+,19-,21?,22?;;;;;/m0...../s1. The van der Waals surface area contributed by atoms with Crippen LogP contribution in [0.5, 0.6) is 0 Å². The average Bonchev–Trinajstić information content (AvgIpc) is 3.65. The molecule has 0 aromatic heterocycles. The molecule has 5 aliphatic rings. The SMILES string of the molecule is CC.CC.CC.CC.COC1=CC(C(=O)NC[C@@H]2CCCN2CC2C[C@H]3CC[C@@H](C2)N3)=CC2OC(C)(C)OC12.S. The maximum Gasteiger partial charge on any atom is 0.251 e. The molecular weight excluding hydrogens is 522 g/mol. The monoisotopic (exact) mass is 585 g/mol. The van der Waals surface area contributed by atoms with E-state index < -0.39 is 5.79 Å². The lowest BCUT2D eigenvalue weighted by molar-refractivity contribution is -0.142. The summed E-state index contributed by atoms with van der Waals surface area (Å²) in [5.74, 6) is 0.691. The van der Waals surface area contributed by atoms with E-state index in [1.165, 1.54) is 38.6 Å². The highest BCUT2D eigenvalue weighted by Gasteiger charge is 2.45. The Bertz CT molecular complexity index is 761. The van der Waals surface area contributed by atoms with Gasteiger partial charge < -0.3 is 24.8 Å². The molecule has 4 fully saturated rings. The van der Waals surface area contributed by atoms with E-state index in [9.17, 15) is 4.79 Å². The Hall–Kier alpha value is -1.06. The fraction of sp³-hybridized carbons (Fsp3) is 0.844. The summed E-state index contributed by atoms with van der Waals surface area (Å²) in [6.45, 7) is 22.8. The number of amides is 1. The van der Waals surface area contributed by atoms with Crippen LogP contribution in [-0.4, -0.2) is 73.7 Å². The zero-order valence-corrected chi connectivity index (χ0v) is 28.6. The van der Waals surface area contributed by atoms with Crippen molar-refractivity contribution in [3.8, 4) is 0 Å². The zero-order valence-electron chi connectivity index (χ0n) is 27.6. The van der Waals surface area contributed by atoms with Crippen molar-refractivity contribution in [3.63, 3.8) is 0 Å². The van der Waals surface area contributed by atoms with Gasteiger partial charge in [-0.1, -0.05) is 55.4 Å². The molecule has 0 spiro atoms. The van der Waals surface area contributed by atoms with Crippen LogP contribution in [0.1, 0.15) is 108 Å². The van der Waals surface area contributed by atoms with Crippen molar-refractivity contribution in [2.75, 3.05) is 26.7 Å². The van der Waals surface area contributed by atoms with Gasteiger partial charge in [0, 0.05) is 36.8 Å². The summed E-state index contributed by atoms with van der Waals surface area (Å²) in [6, 6.07) is 1.91. The van der Waals surface area contributed by atoms with E-state index in [2.05, 4.69) is 15.5 Å². The van der Waals surface area contributed by atoms with Gasteiger partial charge in [-0.15, -0.1) is 0 Å². The van der Waals surface area contributed by atoms with Crippen molar-refractivity contribution in [3.05, 3.63) is 23.5 Å². The van der Waals surface area contributed by atoms with E-state index in [-0.39, 0.29) is 31.6 Å². The molecule has 4 heterocycles. The van der Waals surface area contributed by atoms with Gasteiger partial charge in [0.25, 0.3) is 5.91 Å². The number of ether oxygens (including phenoxy) is 3. The molecule has 6 atom stereocenters. The molecule has 5 rings (SSSR count). The van der Waals surface area contributed by atoms with Crippen LogP contribution in [-0.2, 0) is 19.0 Å². The van der Waals surface area contributed by atoms with E-state index in [4.69, 9.17) is 14.2 Å². The second-order valence-electron chi connectivity index (χ2n) is 10.4. The molecule has 236 valence electrons. The van der Waals surface area contributed by atoms with E-state index >= 15 is 0 Å². The Labute approximate surface area is 253 Å². The van der Waals surface area contributed by atoms with Crippen molar-refractivity contribution < 1.29 is 19.0 Å². The summed E-state index contributed by atoms with van der Waals surface area (Å²) < 4.78 is 17.4. The number of likely N-dealkylation sites (tertiary alicyclic amines) is 1. The summed E-state index contributed by atoms with van der Waals surface area (Å²) in [5.41, 5.74) is 0.596. The van der Waals surface area contributed by atoms with Gasteiger partial charge >= 0.3 is 0 Å². The third-order valence-corrected chi connectivity index (χ3v) is 7.61. The zero-order chi connectivity index (χ0) is 29.6. The molecule has 0 saturated carbocycles. The van der Waals surface area contributed by atoms with Gasteiger partial charge in [0.15, 0.2) is 5.79 Å². The predicted octanol–water partition coefficient (Wildman–Crippen LogP) is 6.31. The Balaban J connectivity index is 0.00000156. The van der Waals surface area contributed by atoms with Crippen LogP contribution in [0.3, 0.4) is 0 Å². The van der Waals surface area contributed by atoms with Crippen LogP contribution in [0.2, 0.25) is 0 Å². The van der Waals surface area contributed by atoms with Gasteiger partial charge in [0.2, 0.25) is 0 Å². The Kier molecular flexibility index (Phi) is 19.4. The maximum atomic E-state index is 13.0. The van der Waals surface area contributed by atoms with E-state index in [1.807, 2.05) is 75.3 Å². The summed E-state index contributed by atoms with van der Waals surface area (Å²) in [4.78, 5) is 15.6. The topological polar surface area (TPSA) is 72.1 Å². The number of methoxy groups -OCH3 is 1. The molecule has 40 heavy (non-hydrogen) atoms. The van der Waals surface area contributed by atoms with E-state index in [0.29, 0.717) is 23.9 Å². The number of hydrogen-bond donors (Lipinski definition) is 2. The number of carbonyl (C=O) groups is 1. The highest BCUT2D eigenvalue weighted by Crippen LogP contribution is 2.36. The average molecular weight is 586 g/mol. The van der Waals surface area contributed by atoms with Gasteiger partial charge in [0.1, 0.15) is 18.0 Å². The van der Waals surface area contributed by atoms with Crippen molar-refractivity contribution in [2.45, 2.75) is 144 Å². The number of nitrogens with zero attached hydrogens (tertiary/aromatic N) is 1. The lowest BCUT2D eigenvalue weighted by Crippen LogP contribution is -2.46. The third kappa shape index (κ3) is 10.6. The highest BCUT2D eigenvalue weighted by atomic mass is 32.1. The minimum atomic E-state index is -0.687. The molecule has 8 heteroatoms. The van der Waals surface area contributed by atoms with Gasteiger partial charge in [-0.3, -0.25) is 9.69 Å². The summed E-state index contributed by atoms with van der Waals surface area (Å²) in [5, 5.41) is 6.92. The quantitative estimate of drug-likeness (QED) is 0.381. The first-order valence-electron chi connectivity index (χ1n) is 16.0. The molecule has 7 nitrogen and oxygen atoms in total. The molecule has 0 aromatic carbocycles. The third-order valence-electron chi connectivity index (χ3n) is 7.61. The maximum absolute atomic E-state index is 13.0. The molecule has 2 bridgehead atoms. The van der Waals surface area contributed by atoms with Crippen LogP contribution >= 0.6 is 13.5 Å². The molecule has 1 aliphatic carbocycles. The molecule has 0 radical (unpaired) electrons. The molecule has 1 amide bonds. The number of fused-ring (bicyclic) bond motifs is 3. The fourth-order valence-corrected chi connectivity index (χ4v) is 6.24. The van der Waals surface area contributed by atoms with Gasteiger partial charge in [-0.05, 0) is 77.0 Å². The van der Waals surface area contributed by atoms with Gasteiger partial charge in [-0.2, -0.15) is 13.5 Å². The smallest absolute Gasteiger partial charge is 0.251 e. The van der Waals surface area contributed by atoms with E-state index in [0.717, 1.165) is 31.0 Å². The lowest BCUT2D eigenvalue weighted by atomic mass is 9.92. The first-order chi connectivity index (χ1) is 18.9. The first kappa shape index (κ1) is 38.9. The summed E-state index contributed by atoms with van der Waals surface area (Å²) >= 11 is 0. The Morgan fingerprint density at radius 3 is 2.20 bits per heavy atom. The second-order valence-corrected chi connectivity index (χ2v) is 10.4.